The number of amides is 1. The molecule has 6 nitrogen and oxygen atoms in total. The van der Waals surface area contributed by atoms with Gasteiger partial charge in [-0.2, -0.15) is 0 Å². The van der Waals surface area contributed by atoms with Crippen LogP contribution in [-0.4, -0.2) is 33.3 Å². The monoisotopic (exact) mass is 254 g/mol. The van der Waals surface area contributed by atoms with Crippen LogP contribution in [0, 0.1) is 0 Å². The Bertz CT molecular complexity index is 421. The summed E-state index contributed by atoms with van der Waals surface area (Å²) in [7, 11) is 2.95. The molecule has 6 heteroatoms. The van der Waals surface area contributed by atoms with Gasteiger partial charge in [-0.3, -0.25) is 4.79 Å². The number of anilines is 2. The standard InChI is InChI=1S/C12H18N2O4/c1-4-18-10-6-9(14-12(15)7-16-2)11(17-3)5-8(10)13/h5-6H,4,7,13H2,1-3H3,(H,14,15). The van der Waals surface area contributed by atoms with Crippen LogP contribution in [0.3, 0.4) is 0 Å². The first kappa shape index (κ1) is 14.1. The molecule has 0 aliphatic carbocycles. The van der Waals surface area contributed by atoms with E-state index in [0.717, 1.165) is 0 Å². The van der Waals surface area contributed by atoms with E-state index in [0.29, 0.717) is 29.5 Å². The lowest BCUT2D eigenvalue weighted by atomic mass is 10.2. The van der Waals surface area contributed by atoms with Crippen LogP contribution in [0.4, 0.5) is 11.4 Å². The largest absolute Gasteiger partial charge is 0.494 e. The molecule has 0 heterocycles. The van der Waals surface area contributed by atoms with E-state index in [9.17, 15) is 4.79 Å². The molecule has 3 N–H and O–H groups in total. The van der Waals surface area contributed by atoms with E-state index in [2.05, 4.69) is 5.32 Å². The van der Waals surface area contributed by atoms with Gasteiger partial charge in [-0.25, -0.2) is 0 Å². The van der Waals surface area contributed by atoms with Crippen LogP contribution >= 0.6 is 0 Å². The summed E-state index contributed by atoms with van der Waals surface area (Å²) in [5, 5.41) is 2.66. The van der Waals surface area contributed by atoms with Crippen molar-refractivity contribution in [2.45, 2.75) is 6.92 Å². The fourth-order valence-electron chi connectivity index (χ4n) is 1.44. The molecular weight excluding hydrogens is 236 g/mol. The Balaban J connectivity index is 2.99. The molecule has 18 heavy (non-hydrogen) atoms. The van der Waals surface area contributed by atoms with Crippen molar-refractivity contribution in [3.05, 3.63) is 12.1 Å². The van der Waals surface area contributed by atoms with E-state index in [1.54, 1.807) is 12.1 Å². The molecule has 1 rings (SSSR count). The summed E-state index contributed by atoms with van der Waals surface area (Å²) < 4.78 is 15.2. The molecule has 0 radical (unpaired) electrons. The minimum Gasteiger partial charge on any atom is -0.494 e. The topological polar surface area (TPSA) is 82.8 Å². The summed E-state index contributed by atoms with van der Waals surface area (Å²) in [5.74, 6) is 0.703. The second-order valence-corrected chi connectivity index (χ2v) is 3.50. The van der Waals surface area contributed by atoms with Crippen LogP contribution < -0.4 is 20.5 Å². The SMILES string of the molecule is CCOc1cc(NC(=O)COC)c(OC)cc1N. The zero-order valence-corrected chi connectivity index (χ0v) is 10.8. The van der Waals surface area contributed by atoms with Gasteiger partial charge in [-0.1, -0.05) is 0 Å². The van der Waals surface area contributed by atoms with E-state index >= 15 is 0 Å². The lowest BCUT2D eigenvalue weighted by Gasteiger charge is -2.14. The maximum Gasteiger partial charge on any atom is 0.250 e. The molecule has 0 saturated carbocycles. The number of methoxy groups -OCH3 is 2. The third-order valence-electron chi connectivity index (χ3n) is 2.18. The van der Waals surface area contributed by atoms with Crippen molar-refractivity contribution in [2.75, 3.05) is 38.5 Å². The first-order valence-corrected chi connectivity index (χ1v) is 5.51. The molecule has 0 fully saturated rings. The molecule has 1 aromatic carbocycles. The van der Waals surface area contributed by atoms with Gasteiger partial charge in [0.15, 0.2) is 0 Å². The van der Waals surface area contributed by atoms with Crippen molar-refractivity contribution >= 4 is 17.3 Å². The Morgan fingerprint density at radius 1 is 1.33 bits per heavy atom. The first-order chi connectivity index (χ1) is 8.62. The Labute approximate surface area is 106 Å². The Morgan fingerprint density at radius 3 is 2.61 bits per heavy atom. The molecule has 0 saturated heterocycles. The van der Waals surface area contributed by atoms with Crippen molar-refractivity contribution in [1.82, 2.24) is 0 Å². The number of nitrogens with one attached hydrogen (secondary N) is 1. The summed E-state index contributed by atoms with van der Waals surface area (Å²) in [6, 6.07) is 3.23. The lowest BCUT2D eigenvalue weighted by Crippen LogP contribution is -2.17. The van der Waals surface area contributed by atoms with Crippen molar-refractivity contribution in [1.29, 1.82) is 0 Å². The van der Waals surface area contributed by atoms with Crippen LogP contribution in [0.5, 0.6) is 11.5 Å². The fourth-order valence-corrected chi connectivity index (χ4v) is 1.44. The average Bonchev–Trinajstić information content (AvgIpc) is 2.33. The van der Waals surface area contributed by atoms with Gasteiger partial charge < -0.3 is 25.3 Å². The van der Waals surface area contributed by atoms with E-state index < -0.39 is 0 Å². The second-order valence-electron chi connectivity index (χ2n) is 3.50. The third kappa shape index (κ3) is 3.53. The summed E-state index contributed by atoms with van der Waals surface area (Å²) in [6.45, 7) is 2.31. The van der Waals surface area contributed by atoms with E-state index in [1.807, 2.05) is 6.92 Å². The summed E-state index contributed by atoms with van der Waals surface area (Å²) in [5.41, 5.74) is 6.75. The first-order valence-electron chi connectivity index (χ1n) is 5.51. The summed E-state index contributed by atoms with van der Waals surface area (Å²) in [6.07, 6.45) is 0. The van der Waals surface area contributed by atoms with Gasteiger partial charge in [-0.05, 0) is 6.92 Å². The predicted octanol–water partition coefficient (Wildman–Crippen LogP) is 1.26. The van der Waals surface area contributed by atoms with Crippen LogP contribution in [-0.2, 0) is 9.53 Å². The minimum absolute atomic E-state index is 0.0303. The van der Waals surface area contributed by atoms with Gasteiger partial charge in [0.1, 0.15) is 18.1 Å². The van der Waals surface area contributed by atoms with Crippen LogP contribution in [0.2, 0.25) is 0 Å². The van der Waals surface area contributed by atoms with E-state index in [-0.39, 0.29) is 12.5 Å². The number of carbonyl (C=O) groups is 1. The van der Waals surface area contributed by atoms with Gasteiger partial charge in [-0.15, -0.1) is 0 Å². The van der Waals surface area contributed by atoms with Crippen LogP contribution in [0.1, 0.15) is 6.92 Å². The Hall–Kier alpha value is -1.95. The van der Waals surface area contributed by atoms with Gasteiger partial charge in [0.05, 0.1) is 25.1 Å². The highest BCUT2D eigenvalue weighted by Gasteiger charge is 2.12. The zero-order chi connectivity index (χ0) is 13.5. The zero-order valence-electron chi connectivity index (χ0n) is 10.8. The predicted molar refractivity (Wildman–Crippen MR) is 69.1 cm³/mol. The molecule has 0 aliphatic rings. The molecular formula is C12H18N2O4. The molecule has 0 aliphatic heterocycles. The van der Waals surface area contributed by atoms with Crippen molar-refractivity contribution in [3.8, 4) is 11.5 Å². The molecule has 0 unspecified atom stereocenters. The smallest absolute Gasteiger partial charge is 0.250 e. The van der Waals surface area contributed by atoms with Crippen molar-refractivity contribution in [3.63, 3.8) is 0 Å². The number of rotatable bonds is 6. The molecule has 1 aromatic rings. The highest BCUT2D eigenvalue weighted by atomic mass is 16.5. The van der Waals surface area contributed by atoms with Crippen LogP contribution in [0.25, 0.3) is 0 Å². The van der Waals surface area contributed by atoms with E-state index in [4.69, 9.17) is 19.9 Å². The van der Waals surface area contributed by atoms with Gasteiger partial charge in [0.25, 0.3) is 0 Å². The number of ether oxygens (including phenoxy) is 3. The minimum atomic E-state index is -0.275. The van der Waals surface area contributed by atoms with E-state index in [1.165, 1.54) is 14.2 Å². The number of hydrogen-bond acceptors (Lipinski definition) is 5. The van der Waals surface area contributed by atoms with Crippen molar-refractivity contribution < 1.29 is 19.0 Å². The highest BCUT2D eigenvalue weighted by Crippen LogP contribution is 2.34. The highest BCUT2D eigenvalue weighted by molar-refractivity contribution is 5.94. The van der Waals surface area contributed by atoms with Gasteiger partial charge in [0, 0.05) is 19.2 Å². The molecule has 0 aromatic heterocycles. The van der Waals surface area contributed by atoms with Gasteiger partial charge >= 0.3 is 0 Å². The molecule has 1 amide bonds. The van der Waals surface area contributed by atoms with Gasteiger partial charge in [0.2, 0.25) is 5.91 Å². The maximum atomic E-state index is 11.5. The molecule has 100 valence electrons. The summed E-state index contributed by atoms with van der Waals surface area (Å²) in [4.78, 5) is 11.5. The third-order valence-corrected chi connectivity index (χ3v) is 2.18. The summed E-state index contributed by atoms with van der Waals surface area (Å²) >= 11 is 0. The number of benzene rings is 1. The number of nitrogens with two attached hydrogens (primary N) is 1. The normalized spacial score (nSPS) is 9.94. The lowest BCUT2D eigenvalue weighted by molar-refractivity contribution is -0.119. The maximum absolute atomic E-state index is 11.5. The number of nitrogen functional groups attached to an aromatic ring is 1. The Kier molecular flexibility index (Phi) is 5.26. The van der Waals surface area contributed by atoms with Crippen molar-refractivity contribution in [2.24, 2.45) is 0 Å². The Morgan fingerprint density at radius 2 is 2.06 bits per heavy atom. The molecule has 0 spiro atoms. The quantitative estimate of drug-likeness (QED) is 0.747. The van der Waals surface area contributed by atoms with Crippen LogP contribution in [0.15, 0.2) is 12.1 Å². The average molecular weight is 254 g/mol. The number of carbonyl (C=O) groups excluding carboxylic acids is 1. The molecule has 0 bridgehead atoms. The number of hydrogen-bond donors (Lipinski definition) is 2. The second kappa shape index (κ2) is 6.70. The fraction of sp³-hybridized carbons (Fsp3) is 0.417. The molecule has 0 atom stereocenters.